The van der Waals surface area contributed by atoms with E-state index >= 15 is 0 Å². The number of rotatable bonds is 3. The maximum absolute atomic E-state index is 11.3. The molecule has 3 heteroatoms. The van der Waals surface area contributed by atoms with Crippen LogP contribution in [0.25, 0.3) is 0 Å². The molecule has 0 saturated heterocycles. The number of carbonyl (C=O) groups is 1. The minimum absolute atomic E-state index is 0.00402. The fourth-order valence-corrected chi connectivity index (χ4v) is 3.32. The van der Waals surface area contributed by atoms with Gasteiger partial charge in [0, 0.05) is 19.0 Å². The van der Waals surface area contributed by atoms with E-state index in [0.29, 0.717) is 11.8 Å². The molecule has 2 aliphatic carbocycles. The number of hydrogen-bond acceptors (Lipinski definition) is 3. The van der Waals surface area contributed by atoms with Crippen LogP contribution in [0.4, 0.5) is 5.69 Å². The van der Waals surface area contributed by atoms with Crippen molar-refractivity contribution in [3.63, 3.8) is 0 Å². The van der Waals surface area contributed by atoms with Gasteiger partial charge in [0.1, 0.15) is 0 Å². The molecule has 16 heavy (non-hydrogen) atoms. The highest BCUT2D eigenvalue weighted by Crippen LogP contribution is 2.45. The van der Waals surface area contributed by atoms with Crippen molar-refractivity contribution < 1.29 is 9.21 Å². The van der Waals surface area contributed by atoms with E-state index in [-0.39, 0.29) is 5.78 Å². The summed E-state index contributed by atoms with van der Waals surface area (Å²) in [4.78, 5) is 11.3. The normalized spacial score (nSPS) is 31.9. The molecule has 0 radical (unpaired) electrons. The summed E-state index contributed by atoms with van der Waals surface area (Å²) in [5.41, 5.74) is 0.880. The van der Waals surface area contributed by atoms with Crippen LogP contribution >= 0.6 is 0 Å². The number of ketones is 1. The van der Waals surface area contributed by atoms with Gasteiger partial charge >= 0.3 is 0 Å². The molecule has 2 saturated carbocycles. The maximum atomic E-state index is 11.3. The van der Waals surface area contributed by atoms with Crippen LogP contribution in [0.15, 0.2) is 16.7 Å². The summed E-state index contributed by atoms with van der Waals surface area (Å²) in [5.74, 6) is 2.19. The molecule has 1 aromatic rings. The molecule has 0 spiro atoms. The Kier molecular flexibility index (Phi) is 2.27. The van der Waals surface area contributed by atoms with Crippen molar-refractivity contribution in [1.29, 1.82) is 0 Å². The predicted octanol–water partition coefficient (Wildman–Crippen LogP) is 3.08. The molecule has 1 N–H and O–H groups in total. The standard InChI is InChI=1S/C13H17NO2/c1-8(15)13-11(4-5-16-13)14-12-7-9-2-3-10(12)6-9/h4-5,9-10,12,14H,2-3,6-7H2,1H3. The Hall–Kier alpha value is -1.25. The maximum Gasteiger partial charge on any atom is 0.197 e. The molecule has 3 unspecified atom stereocenters. The van der Waals surface area contributed by atoms with Crippen LogP contribution in [-0.2, 0) is 0 Å². The Morgan fingerprint density at radius 1 is 1.44 bits per heavy atom. The van der Waals surface area contributed by atoms with Gasteiger partial charge in [0.2, 0.25) is 0 Å². The average molecular weight is 219 g/mol. The lowest BCUT2D eigenvalue weighted by Crippen LogP contribution is -2.26. The Morgan fingerprint density at radius 2 is 2.31 bits per heavy atom. The number of fused-ring (bicyclic) bond motifs is 2. The van der Waals surface area contributed by atoms with Gasteiger partial charge in [-0.2, -0.15) is 0 Å². The van der Waals surface area contributed by atoms with Crippen LogP contribution in [0.1, 0.15) is 43.2 Å². The topological polar surface area (TPSA) is 42.2 Å². The third-order valence-electron chi connectivity index (χ3n) is 4.06. The molecule has 3 atom stereocenters. The molecular formula is C13H17NO2. The van der Waals surface area contributed by atoms with Crippen molar-refractivity contribution in [2.24, 2.45) is 11.8 Å². The van der Waals surface area contributed by atoms with Crippen molar-refractivity contribution in [2.45, 2.75) is 38.6 Å². The van der Waals surface area contributed by atoms with Crippen molar-refractivity contribution in [1.82, 2.24) is 0 Å². The minimum atomic E-state index is -0.00402. The molecule has 1 heterocycles. The van der Waals surface area contributed by atoms with Gasteiger partial charge in [0.05, 0.1) is 12.0 Å². The van der Waals surface area contributed by atoms with Gasteiger partial charge in [0.25, 0.3) is 0 Å². The van der Waals surface area contributed by atoms with Crippen molar-refractivity contribution in [2.75, 3.05) is 5.32 Å². The third kappa shape index (κ3) is 1.55. The van der Waals surface area contributed by atoms with Crippen LogP contribution < -0.4 is 5.32 Å². The number of hydrogen-bond donors (Lipinski definition) is 1. The van der Waals surface area contributed by atoms with E-state index in [1.165, 1.54) is 25.7 Å². The first kappa shape index (κ1) is 9.94. The number of Topliss-reactive ketones (excluding diaryl/α,β-unsaturated/α-hetero) is 1. The van der Waals surface area contributed by atoms with E-state index < -0.39 is 0 Å². The Bertz CT molecular complexity index is 410. The van der Waals surface area contributed by atoms with Crippen molar-refractivity contribution in [3.05, 3.63) is 18.1 Å². The second-order valence-electron chi connectivity index (χ2n) is 5.15. The zero-order valence-electron chi connectivity index (χ0n) is 9.53. The largest absolute Gasteiger partial charge is 0.459 e. The van der Waals surface area contributed by atoms with E-state index in [0.717, 1.165) is 17.5 Å². The second-order valence-corrected chi connectivity index (χ2v) is 5.15. The molecule has 1 aromatic heterocycles. The van der Waals surface area contributed by atoms with Crippen LogP contribution in [0.2, 0.25) is 0 Å². The highest BCUT2D eigenvalue weighted by Gasteiger charge is 2.39. The average Bonchev–Trinajstić information content (AvgIpc) is 2.91. The number of anilines is 1. The van der Waals surface area contributed by atoms with Crippen molar-refractivity contribution in [3.8, 4) is 0 Å². The van der Waals surface area contributed by atoms with Crippen molar-refractivity contribution >= 4 is 11.5 Å². The fraction of sp³-hybridized carbons (Fsp3) is 0.615. The summed E-state index contributed by atoms with van der Waals surface area (Å²) in [5, 5.41) is 3.49. The Balaban J connectivity index is 1.74. The Labute approximate surface area is 95.2 Å². The predicted molar refractivity (Wildman–Crippen MR) is 61.6 cm³/mol. The van der Waals surface area contributed by atoms with Gasteiger partial charge in [-0.1, -0.05) is 6.42 Å². The van der Waals surface area contributed by atoms with Gasteiger partial charge in [-0.15, -0.1) is 0 Å². The number of furan rings is 1. The number of carbonyl (C=O) groups excluding carboxylic acids is 1. The second kappa shape index (κ2) is 3.65. The lowest BCUT2D eigenvalue weighted by Gasteiger charge is -2.23. The van der Waals surface area contributed by atoms with Gasteiger partial charge in [-0.3, -0.25) is 4.79 Å². The summed E-state index contributed by atoms with van der Waals surface area (Å²) >= 11 is 0. The molecule has 0 amide bonds. The van der Waals surface area contributed by atoms with Crippen LogP contribution in [0, 0.1) is 11.8 Å². The van der Waals surface area contributed by atoms with E-state index in [2.05, 4.69) is 5.32 Å². The van der Waals surface area contributed by atoms with Crippen LogP contribution in [-0.4, -0.2) is 11.8 Å². The number of nitrogens with one attached hydrogen (secondary N) is 1. The first-order chi connectivity index (χ1) is 7.74. The molecule has 2 bridgehead atoms. The highest BCUT2D eigenvalue weighted by atomic mass is 16.3. The molecule has 0 aliphatic heterocycles. The lowest BCUT2D eigenvalue weighted by atomic mass is 9.95. The van der Waals surface area contributed by atoms with E-state index in [9.17, 15) is 4.79 Å². The summed E-state index contributed by atoms with van der Waals surface area (Å²) < 4.78 is 5.20. The molecule has 86 valence electrons. The zero-order valence-corrected chi connectivity index (χ0v) is 9.53. The van der Waals surface area contributed by atoms with Crippen LogP contribution in [0.3, 0.4) is 0 Å². The summed E-state index contributed by atoms with van der Waals surface area (Å²) in [6.45, 7) is 1.55. The van der Waals surface area contributed by atoms with E-state index in [1.807, 2.05) is 6.07 Å². The summed E-state index contributed by atoms with van der Waals surface area (Å²) in [6.07, 6.45) is 6.95. The third-order valence-corrected chi connectivity index (χ3v) is 4.06. The molecule has 3 rings (SSSR count). The van der Waals surface area contributed by atoms with Gasteiger partial charge in [0.15, 0.2) is 11.5 Å². The molecule has 0 aromatic carbocycles. The summed E-state index contributed by atoms with van der Waals surface area (Å²) in [7, 11) is 0. The van der Waals surface area contributed by atoms with Gasteiger partial charge < -0.3 is 9.73 Å². The molecular weight excluding hydrogens is 202 g/mol. The SMILES string of the molecule is CC(=O)c1occc1NC1CC2CCC1C2. The van der Waals surface area contributed by atoms with Crippen LogP contribution in [0.5, 0.6) is 0 Å². The van der Waals surface area contributed by atoms with E-state index in [4.69, 9.17) is 4.42 Å². The summed E-state index contributed by atoms with van der Waals surface area (Å²) in [6, 6.07) is 2.41. The van der Waals surface area contributed by atoms with E-state index in [1.54, 1.807) is 13.2 Å². The molecule has 2 aliphatic rings. The quantitative estimate of drug-likeness (QED) is 0.794. The smallest absolute Gasteiger partial charge is 0.197 e. The zero-order chi connectivity index (χ0) is 11.1. The fourth-order valence-electron chi connectivity index (χ4n) is 3.32. The highest BCUT2D eigenvalue weighted by molar-refractivity contribution is 5.96. The first-order valence-electron chi connectivity index (χ1n) is 6.09. The van der Waals surface area contributed by atoms with Gasteiger partial charge in [-0.25, -0.2) is 0 Å². The monoisotopic (exact) mass is 219 g/mol. The minimum Gasteiger partial charge on any atom is -0.459 e. The first-order valence-corrected chi connectivity index (χ1v) is 6.09. The van der Waals surface area contributed by atoms with Gasteiger partial charge in [-0.05, 0) is 31.1 Å². The Morgan fingerprint density at radius 3 is 2.94 bits per heavy atom. The molecule has 3 nitrogen and oxygen atoms in total. The lowest BCUT2D eigenvalue weighted by molar-refractivity contribution is 0.0988. The molecule has 2 fully saturated rings.